The fourth-order valence-electron chi connectivity index (χ4n) is 2.02. The number of aromatic nitrogens is 1. The second-order valence-corrected chi connectivity index (χ2v) is 5.62. The predicted octanol–water partition coefficient (Wildman–Crippen LogP) is 4.53. The fraction of sp³-hybridized carbons (Fsp3) is 0. The zero-order chi connectivity index (χ0) is 16.4. The third-order valence-electron chi connectivity index (χ3n) is 3.04. The number of benzene rings is 2. The number of carbonyl (C=O) groups is 1. The van der Waals surface area contributed by atoms with Crippen molar-refractivity contribution in [3.63, 3.8) is 0 Å². The quantitative estimate of drug-likeness (QED) is 0.737. The molecule has 4 nitrogen and oxygen atoms in total. The highest BCUT2D eigenvalue weighted by molar-refractivity contribution is 7.18. The first-order valence-electron chi connectivity index (χ1n) is 6.56. The molecule has 0 spiro atoms. The second-order valence-electron chi connectivity index (χ2n) is 4.62. The van der Waals surface area contributed by atoms with Gasteiger partial charge in [0.25, 0.3) is 0 Å². The van der Waals surface area contributed by atoms with Crippen LogP contribution in [0.3, 0.4) is 0 Å². The van der Waals surface area contributed by atoms with Gasteiger partial charge in [0.15, 0.2) is 5.13 Å². The maximum absolute atomic E-state index is 13.7. The van der Waals surface area contributed by atoms with Crippen LogP contribution in [0.5, 0.6) is 0 Å². The molecule has 3 aromatic rings. The van der Waals surface area contributed by atoms with Crippen molar-refractivity contribution in [3.05, 3.63) is 65.0 Å². The molecular formula is C16H10F2N2O2S. The van der Waals surface area contributed by atoms with Crippen molar-refractivity contribution in [2.45, 2.75) is 0 Å². The van der Waals surface area contributed by atoms with Crippen molar-refractivity contribution in [2.24, 2.45) is 0 Å². The number of carboxylic acid groups (broad SMARTS) is 1. The number of thiazole rings is 1. The summed E-state index contributed by atoms with van der Waals surface area (Å²) in [6.45, 7) is 0. The summed E-state index contributed by atoms with van der Waals surface area (Å²) in [6.07, 6.45) is 0. The second kappa shape index (κ2) is 6.13. The molecule has 0 bridgehead atoms. The van der Waals surface area contributed by atoms with Gasteiger partial charge in [-0.15, -0.1) is 0 Å². The number of carboxylic acids is 1. The van der Waals surface area contributed by atoms with E-state index in [0.717, 1.165) is 29.5 Å². The number of aromatic carboxylic acids is 1. The van der Waals surface area contributed by atoms with Gasteiger partial charge in [0.2, 0.25) is 0 Å². The van der Waals surface area contributed by atoms with Gasteiger partial charge >= 0.3 is 5.97 Å². The lowest BCUT2D eigenvalue weighted by atomic mass is 10.1. The Labute approximate surface area is 134 Å². The van der Waals surface area contributed by atoms with E-state index in [1.807, 2.05) is 0 Å². The van der Waals surface area contributed by atoms with Gasteiger partial charge < -0.3 is 10.4 Å². The van der Waals surface area contributed by atoms with Crippen molar-refractivity contribution >= 4 is 28.1 Å². The molecule has 3 rings (SSSR count). The number of hydrogen-bond acceptors (Lipinski definition) is 4. The van der Waals surface area contributed by atoms with Crippen molar-refractivity contribution in [2.75, 3.05) is 5.32 Å². The van der Waals surface area contributed by atoms with E-state index in [1.54, 1.807) is 30.3 Å². The Balaban J connectivity index is 2.01. The molecule has 0 aliphatic rings. The predicted molar refractivity (Wildman–Crippen MR) is 84.1 cm³/mol. The van der Waals surface area contributed by atoms with Crippen molar-refractivity contribution < 1.29 is 18.7 Å². The maximum atomic E-state index is 13.7. The number of halogens is 2. The largest absolute Gasteiger partial charge is 0.477 e. The van der Waals surface area contributed by atoms with E-state index in [9.17, 15) is 18.7 Å². The fourth-order valence-corrected chi connectivity index (χ4v) is 2.86. The van der Waals surface area contributed by atoms with Crippen molar-refractivity contribution in [1.82, 2.24) is 4.98 Å². The summed E-state index contributed by atoms with van der Waals surface area (Å²) in [5, 5.41) is 12.1. The van der Waals surface area contributed by atoms with E-state index in [1.165, 1.54) is 0 Å². The Bertz CT molecular complexity index is 866. The first kappa shape index (κ1) is 15.1. The summed E-state index contributed by atoms with van der Waals surface area (Å²) < 4.78 is 26.9. The lowest BCUT2D eigenvalue weighted by molar-refractivity contribution is 0.0702. The van der Waals surface area contributed by atoms with E-state index in [-0.39, 0.29) is 21.4 Å². The van der Waals surface area contributed by atoms with E-state index in [2.05, 4.69) is 10.3 Å². The average molecular weight is 332 g/mol. The molecule has 116 valence electrons. The van der Waals surface area contributed by atoms with Gasteiger partial charge in [0.05, 0.1) is 11.4 Å². The third-order valence-corrected chi connectivity index (χ3v) is 4.00. The summed E-state index contributed by atoms with van der Waals surface area (Å²) in [4.78, 5) is 15.6. The van der Waals surface area contributed by atoms with Gasteiger partial charge in [-0.2, -0.15) is 0 Å². The zero-order valence-corrected chi connectivity index (χ0v) is 12.4. The standard InChI is InChI=1S/C16H10F2N2O2S/c17-10-6-7-11(18)12(8-10)19-16-20-13(14(23-16)15(21)22)9-4-2-1-3-5-9/h1-8H,(H,19,20)(H,21,22). The van der Waals surface area contributed by atoms with Crippen LogP contribution in [0.25, 0.3) is 11.3 Å². The topological polar surface area (TPSA) is 62.2 Å². The molecule has 0 aliphatic carbocycles. The molecule has 0 unspecified atom stereocenters. The Morgan fingerprint density at radius 2 is 1.87 bits per heavy atom. The Kier molecular flexibility index (Phi) is 4.03. The normalized spacial score (nSPS) is 10.5. The molecule has 1 heterocycles. The minimum atomic E-state index is -1.13. The number of rotatable bonds is 4. The van der Waals surface area contributed by atoms with E-state index < -0.39 is 17.6 Å². The van der Waals surface area contributed by atoms with Gasteiger partial charge in [0, 0.05) is 11.6 Å². The molecule has 7 heteroatoms. The van der Waals surface area contributed by atoms with Crippen LogP contribution in [0.4, 0.5) is 19.6 Å². The van der Waals surface area contributed by atoms with Crippen LogP contribution in [0, 0.1) is 11.6 Å². The molecule has 2 N–H and O–H groups in total. The van der Waals surface area contributed by atoms with E-state index in [4.69, 9.17) is 0 Å². The molecule has 0 fully saturated rings. The lowest BCUT2D eigenvalue weighted by Crippen LogP contribution is -1.95. The summed E-state index contributed by atoms with van der Waals surface area (Å²) >= 11 is 0.861. The highest BCUT2D eigenvalue weighted by Gasteiger charge is 2.19. The number of nitrogens with one attached hydrogen (secondary N) is 1. The summed E-state index contributed by atoms with van der Waals surface area (Å²) in [5.41, 5.74) is 0.812. The van der Waals surface area contributed by atoms with Gasteiger partial charge in [-0.1, -0.05) is 41.7 Å². The minimum absolute atomic E-state index is 0.0236. The first-order valence-corrected chi connectivity index (χ1v) is 7.38. The molecule has 0 amide bonds. The van der Waals surface area contributed by atoms with Crippen LogP contribution in [-0.2, 0) is 0 Å². The molecule has 0 atom stereocenters. The van der Waals surface area contributed by atoms with Gasteiger partial charge in [-0.05, 0) is 12.1 Å². The van der Waals surface area contributed by atoms with Crippen LogP contribution in [0.1, 0.15) is 9.67 Å². The molecule has 1 aromatic heterocycles. The maximum Gasteiger partial charge on any atom is 0.348 e. The van der Waals surface area contributed by atoms with Crippen LogP contribution in [0.2, 0.25) is 0 Å². The SMILES string of the molecule is O=C(O)c1sc(Nc2cc(F)ccc2F)nc1-c1ccccc1. The third kappa shape index (κ3) is 3.19. The van der Waals surface area contributed by atoms with E-state index in [0.29, 0.717) is 5.56 Å². The molecule has 2 aromatic carbocycles. The smallest absolute Gasteiger partial charge is 0.348 e. The number of hydrogen-bond donors (Lipinski definition) is 2. The summed E-state index contributed by atoms with van der Waals surface area (Å²) in [6, 6.07) is 11.8. The van der Waals surface area contributed by atoms with E-state index >= 15 is 0 Å². The van der Waals surface area contributed by atoms with Crippen LogP contribution in [-0.4, -0.2) is 16.1 Å². The molecule has 0 radical (unpaired) electrons. The van der Waals surface area contributed by atoms with Gasteiger partial charge in [-0.25, -0.2) is 18.6 Å². The van der Waals surface area contributed by atoms with Crippen molar-refractivity contribution in [1.29, 1.82) is 0 Å². The highest BCUT2D eigenvalue weighted by Crippen LogP contribution is 2.33. The van der Waals surface area contributed by atoms with Crippen LogP contribution >= 0.6 is 11.3 Å². The molecular weight excluding hydrogens is 322 g/mol. The molecule has 0 aliphatic heterocycles. The van der Waals surface area contributed by atoms with Crippen LogP contribution < -0.4 is 5.32 Å². The Hall–Kier alpha value is -2.80. The monoisotopic (exact) mass is 332 g/mol. The Morgan fingerprint density at radius 1 is 1.13 bits per heavy atom. The number of anilines is 2. The molecule has 0 saturated heterocycles. The Morgan fingerprint density at radius 3 is 2.57 bits per heavy atom. The average Bonchev–Trinajstić information content (AvgIpc) is 2.96. The van der Waals surface area contributed by atoms with Gasteiger partial charge in [0.1, 0.15) is 16.5 Å². The van der Waals surface area contributed by atoms with Crippen LogP contribution in [0.15, 0.2) is 48.5 Å². The van der Waals surface area contributed by atoms with Crippen molar-refractivity contribution in [3.8, 4) is 11.3 Å². The zero-order valence-electron chi connectivity index (χ0n) is 11.6. The van der Waals surface area contributed by atoms with Gasteiger partial charge in [-0.3, -0.25) is 0 Å². The lowest BCUT2D eigenvalue weighted by Gasteiger charge is -2.03. The summed E-state index contributed by atoms with van der Waals surface area (Å²) in [5.74, 6) is -2.39. The highest BCUT2D eigenvalue weighted by atomic mass is 32.1. The summed E-state index contributed by atoms with van der Waals surface area (Å²) in [7, 11) is 0. The molecule has 23 heavy (non-hydrogen) atoms. The first-order chi connectivity index (χ1) is 11.0. The minimum Gasteiger partial charge on any atom is -0.477 e. The molecule has 0 saturated carbocycles. The number of nitrogens with zero attached hydrogens (tertiary/aromatic N) is 1.